The van der Waals surface area contributed by atoms with Crippen molar-refractivity contribution in [3.05, 3.63) is 11.6 Å². The van der Waals surface area contributed by atoms with Crippen molar-refractivity contribution in [2.45, 2.75) is 104 Å². The average molecular weight is 405 g/mol. The van der Waals surface area contributed by atoms with Crippen LogP contribution in [0.25, 0.3) is 0 Å². The highest BCUT2D eigenvalue weighted by molar-refractivity contribution is 5.25. The van der Waals surface area contributed by atoms with E-state index in [4.69, 9.17) is 0 Å². The first kappa shape index (κ1) is 21.8. The van der Waals surface area contributed by atoms with Gasteiger partial charge in [-0.25, -0.2) is 0 Å². The van der Waals surface area contributed by atoms with E-state index in [1.165, 1.54) is 31.3 Å². The molecule has 4 aliphatic carbocycles. The molecule has 3 nitrogen and oxygen atoms in total. The van der Waals surface area contributed by atoms with Gasteiger partial charge >= 0.3 is 0 Å². The largest absolute Gasteiger partial charge is 0.396 e. The van der Waals surface area contributed by atoms with E-state index in [0.717, 1.165) is 50.9 Å². The predicted molar refractivity (Wildman–Crippen MR) is 117 cm³/mol. The molecule has 0 bridgehead atoms. The molecule has 0 aromatic rings. The lowest BCUT2D eigenvalue weighted by atomic mass is 9.47. The number of hydrogen-bond acceptors (Lipinski definition) is 3. The Labute approximate surface area is 178 Å². The lowest BCUT2D eigenvalue weighted by Crippen LogP contribution is -2.50. The number of aliphatic hydroxyl groups excluding tert-OH is 3. The van der Waals surface area contributed by atoms with Gasteiger partial charge in [-0.05, 0) is 98.2 Å². The van der Waals surface area contributed by atoms with Crippen molar-refractivity contribution in [2.75, 3.05) is 6.61 Å². The molecule has 0 saturated heterocycles. The fourth-order valence-corrected chi connectivity index (χ4v) is 8.23. The summed E-state index contributed by atoms with van der Waals surface area (Å²) in [5, 5.41) is 30.5. The van der Waals surface area contributed by atoms with Gasteiger partial charge in [0.25, 0.3) is 0 Å². The summed E-state index contributed by atoms with van der Waals surface area (Å²) in [6, 6.07) is 0. The molecule has 7 unspecified atom stereocenters. The molecule has 0 heterocycles. The van der Waals surface area contributed by atoms with Crippen molar-refractivity contribution in [3.8, 4) is 0 Å². The molecular formula is C26H44O3. The number of allylic oxidation sites excluding steroid dienone is 1. The Kier molecular flexibility index (Phi) is 6.23. The van der Waals surface area contributed by atoms with Gasteiger partial charge in [-0.15, -0.1) is 0 Å². The van der Waals surface area contributed by atoms with Gasteiger partial charge in [0, 0.05) is 6.61 Å². The summed E-state index contributed by atoms with van der Waals surface area (Å²) in [5.74, 6) is 2.96. The first-order chi connectivity index (χ1) is 13.8. The Balaban J connectivity index is 1.46. The molecular weight excluding hydrogens is 360 g/mol. The molecule has 4 rings (SSSR count). The lowest BCUT2D eigenvalue weighted by molar-refractivity contribution is -0.0533. The van der Waals surface area contributed by atoms with Crippen LogP contribution in [-0.2, 0) is 0 Å². The summed E-state index contributed by atoms with van der Waals surface area (Å²) >= 11 is 0. The molecule has 9 atom stereocenters. The van der Waals surface area contributed by atoms with E-state index in [-0.39, 0.29) is 17.6 Å². The Hall–Kier alpha value is -0.380. The van der Waals surface area contributed by atoms with Crippen LogP contribution in [0.5, 0.6) is 0 Å². The number of rotatable bonds is 6. The van der Waals surface area contributed by atoms with E-state index < -0.39 is 0 Å². The summed E-state index contributed by atoms with van der Waals surface area (Å²) < 4.78 is 0. The number of hydrogen-bond donors (Lipinski definition) is 3. The highest BCUT2D eigenvalue weighted by atomic mass is 16.3. The average Bonchev–Trinajstić information content (AvgIpc) is 2.95. The van der Waals surface area contributed by atoms with Crippen molar-refractivity contribution in [2.24, 2.45) is 40.4 Å². The van der Waals surface area contributed by atoms with Crippen molar-refractivity contribution in [1.29, 1.82) is 0 Å². The zero-order chi connectivity index (χ0) is 20.8. The van der Waals surface area contributed by atoms with Gasteiger partial charge in [-0.1, -0.05) is 45.3 Å². The SMILES string of the molecule is CC(CO)CCCCC1[C@@H](O)CC2C3CC=C4C[C@@H](O)CCC4(C)C3CCC21C. The molecule has 4 aliphatic rings. The monoisotopic (exact) mass is 404 g/mol. The minimum atomic E-state index is -0.134. The molecule has 0 aliphatic heterocycles. The quantitative estimate of drug-likeness (QED) is 0.427. The maximum atomic E-state index is 11.1. The standard InChI is InChI=1S/C26H44O3/c1-17(16-27)6-4-5-7-22-24(29)15-23-20-9-8-18-14-19(28)10-12-25(18,2)21(20)11-13-26(22,23)3/h8,17,19-24,27-29H,4-7,9-16H2,1-3H3/t17?,19-,20?,21?,22?,23?,24-,25?,26?/m0/s1. The number of aliphatic hydroxyl groups is 3. The lowest BCUT2D eigenvalue weighted by Gasteiger charge is -2.58. The molecule has 0 aromatic carbocycles. The Morgan fingerprint density at radius 3 is 2.66 bits per heavy atom. The summed E-state index contributed by atoms with van der Waals surface area (Å²) in [4.78, 5) is 0. The zero-order valence-electron chi connectivity index (χ0n) is 18.9. The Morgan fingerprint density at radius 1 is 1.10 bits per heavy atom. The van der Waals surface area contributed by atoms with Gasteiger partial charge < -0.3 is 15.3 Å². The van der Waals surface area contributed by atoms with Crippen LogP contribution in [0.4, 0.5) is 0 Å². The fourth-order valence-electron chi connectivity index (χ4n) is 8.23. The summed E-state index contributed by atoms with van der Waals surface area (Å²) in [7, 11) is 0. The van der Waals surface area contributed by atoms with Crippen molar-refractivity contribution >= 4 is 0 Å². The minimum Gasteiger partial charge on any atom is -0.396 e. The smallest absolute Gasteiger partial charge is 0.0577 e. The van der Waals surface area contributed by atoms with Gasteiger partial charge in [0.1, 0.15) is 0 Å². The second kappa shape index (κ2) is 8.28. The van der Waals surface area contributed by atoms with E-state index in [1.807, 2.05) is 0 Å². The summed E-state index contributed by atoms with van der Waals surface area (Å²) in [6.07, 6.45) is 14.5. The van der Waals surface area contributed by atoms with Crippen LogP contribution in [0.15, 0.2) is 11.6 Å². The Bertz CT molecular complexity index is 615. The van der Waals surface area contributed by atoms with Crippen LogP contribution in [0.3, 0.4) is 0 Å². The van der Waals surface area contributed by atoms with Crippen LogP contribution in [0, 0.1) is 40.4 Å². The van der Waals surface area contributed by atoms with Crippen molar-refractivity contribution < 1.29 is 15.3 Å². The Morgan fingerprint density at radius 2 is 1.90 bits per heavy atom. The van der Waals surface area contributed by atoms with Gasteiger partial charge in [0.05, 0.1) is 12.2 Å². The first-order valence-corrected chi connectivity index (χ1v) is 12.5. The predicted octanol–water partition coefficient (Wildman–Crippen LogP) is 5.09. The van der Waals surface area contributed by atoms with E-state index in [1.54, 1.807) is 0 Å². The molecule has 166 valence electrons. The van der Waals surface area contributed by atoms with E-state index in [9.17, 15) is 15.3 Å². The van der Waals surface area contributed by atoms with E-state index in [0.29, 0.717) is 35.7 Å². The van der Waals surface area contributed by atoms with E-state index in [2.05, 4.69) is 26.8 Å². The molecule has 3 fully saturated rings. The van der Waals surface area contributed by atoms with Crippen molar-refractivity contribution in [1.82, 2.24) is 0 Å². The van der Waals surface area contributed by atoms with Gasteiger partial charge in [0.2, 0.25) is 0 Å². The van der Waals surface area contributed by atoms with Crippen LogP contribution in [-0.4, -0.2) is 34.1 Å². The highest BCUT2D eigenvalue weighted by Crippen LogP contribution is 2.66. The van der Waals surface area contributed by atoms with Crippen LogP contribution >= 0.6 is 0 Å². The number of fused-ring (bicyclic) bond motifs is 5. The second-order valence-electron chi connectivity index (χ2n) is 11.7. The molecule has 0 radical (unpaired) electrons. The molecule has 3 N–H and O–H groups in total. The molecule has 0 spiro atoms. The molecule has 29 heavy (non-hydrogen) atoms. The topological polar surface area (TPSA) is 60.7 Å². The van der Waals surface area contributed by atoms with Crippen molar-refractivity contribution in [3.63, 3.8) is 0 Å². The van der Waals surface area contributed by atoms with Crippen LogP contribution in [0.1, 0.15) is 91.4 Å². The normalized spacial score (nSPS) is 47.7. The molecule has 3 saturated carbocycles. The maximum absolute atomic E-state index is 11.1. The van der Waals surface area contributed by atoms with E-state index >= 15 is 0 Å². The zero-order valence-corrected chi connectivity index (χ0v) is 18.9. The number of unbranched alkanes of at least 4 members (excludes halogenated alkanes) is 1. The second-order valence-corrected chi connectivity index (χ2v) is 11.7. The van der Waals surface area contributed by atoms with Crippen LogP contribution < -0.4 is 0 Å². The maximum Gasteiger partial charge on any atom is 0.0577 e. The van der Waals surface area contributed by atoms with Gasteiger partial charge in [-0.2, -0.15) is 0 Å². The van der Waals surface area contributed by atoms with Crippen LogP contribution in [0.2, 0.25) is 0 Å². The minimum absolute atomic E-state index is 0.133. The van der Waals surface area contributed by atoms with Gasteiger partial charge in [-0.3, -0.25) is 0 Å². The first-order valence-electron chi connectivity index (χ1n) is 12.5. The summed E-state index contributed by atoms with van der Waals surface area (Å²) in [5.41, 5.74) is 2.11. The highest BCUT2D eigenvalue weighted by Gasteiger charge is 2.60. The third kappa shape index (κ3) is 3.74. The molecule has 0 aromatic heterocycles. The summed E-state index contributed by atoms with van der Waals surface area (Å²) in [6.45, 7) is 7.39. The fraction of sp³-hybridized carbons (Fsp3) is 0.923. The van der Waals surface area contributed by atoms with Gasteiger partial charge in [0.15, 0.2) is 0 Å². The third-order valence-electron chi connectivity index (χ3n) is 10.1. The molecule has 0 amide bonds. The molecule has 3 heteroatoms. The third-order valence-corrected chi connectivity index (χ3v) is 10.1.